The predicted molar refractivity (Wildman–Crippen MR) is 85.4 cm³/mol. The Morgan fingerprint density at radius 2 is 2.10 bits per heavy atom. The number of nitrogens with zero attached hydrogens (tertiary/aromatic N) is 1. The highest BCUT2D eigenvalue weighted by Crippen LogP contribution is 2.21. The van der Waals surface area contributed by atoms with Crippen LogP contribution in [0.5, 0.6) is 0 Å². The fourth-order valence-corrected chi connectivity index (χ4v) is 2.75. The molecule has 1 heterocycles. The number of nitrogens with one attached hydrogen (secondary N) is 1. The van der Waals surface area contributed by atoms with Gasteiger partial charge in [-0.05, 0) is 31.9 Å². The van der Waals surface area contributed by atoms with E-state index >= 15 is 0 Å². The lowest BCUT2D eigenvalue weighted by molar-refractivity contribution is -0.134. The van der Waals surface area contributed by atoms with E-state index in [1.165, 1.54) is 0 Å². The molecule has 1 saturated heterocycles. The van der Waals surface area contributed by atoms with Crippen LogP contribution in [0.3, 0.4) is 0 Å². The molecule has 2 atom stereocenters. The molecule has 0 bridgehead atoms. The summed E-state index contributed by atoms with van der Waals surface area (Å²) in [6, 6.07) is 10.4. The van der Waals surface area contributed by atoms with Gasteiger partial charge in [0.1, 0.15) is 0 Å². The van der Waals surface area contributed by atoms with Crippen LogP contribution in [0.1, 0.15) is 38.2 Å². The molecule has 1 aliphatic rings. The van der Waals surface area contributed by atoms with Gasteiger partial charge in [-0.2, -0.15) is 0 Å². The van der Waals surface area contributed by atoms with E-state index in [-0.39, 0.29) is 24.2 Å². The second-order valence-electron chi connectivity index (χ2n) is 5.31. The number of hydrogen-bond donors (Lipinski definition) is 1. The van der Waals surface area contributed by atoms with Gasteiger partial charge < -0.3 is 10.2 Å². The molecule has 112 valence electrons. The maximum atomic E-state index is 12.7. The summed E-state index contributed by atoms with van der Waals surface area (Å²) in [4.78, 5) is 14.8. The fourth-order valence-electron chi connectivity index (χ4n) is 2.75. The number of halogens is 1. The predicted octanol–water partition coefficient (Wildman–Crippen LogP) is 2.81. The average Bonchev–Trinajstić information content (AvgIpc) is 2.98. The number of hydrogen-bond acceptors (Lipinski definition) is 2. The highest BCUT2D eigenvalue weighted by Gasteiger charge is 2.29. The SMILES string of the molecule is CCCN(C(=O)C(C)c1ccccc1)C1CCNC1.Cl. The van der Waals surface area contributed by atoms with Gasteiger partial charge in [-0.3, -0.25) is 4.79 Å². The van der Waals surface area contributed by atoms with Crippen LogP contribution in [0.15, 0.2) is 30.3 Å². The van der Waals surface area contributed by atoms with Gasteiger partial charge in [0.05, 0.1) is 5.92 Å². The van der Waals surface area contributed by atoms with Crippen LogP contribution in [0.4, 0.5) is 0 Å². The molecule has 0 spiro atoms. The third-order valence-electron chi connectivity index (χ3n) is 3.89. The summed E-state index contributed by atoms with van der Waals surface area (Å²) in [5.41, 5.74) is 1.11. The zero-order chi connectivity index (χ0) is 13.7. The van der Waals surface area contributed by atoms with Gasteiger partial charge in [-0.1, -0.05) is 37.3 Å². The minimum atomic E-state index is -0.0478. The maximum absolute atomic E-state index is 12.7. The van der Waals surface area contributed by atoms with Crippen molar-refractivity contribution >= 4 is 18.3 Å². The Morgan fingerprint density at radius 1 is 1.40 bits per heavy atom. The van der Waals surface area contributed by atoms with E-state index in [4.69, 9.17) is 0 Å². The summed E-state index contributed by atoms with van der Waals surface area (Å²) >= 11 is 0. The van der Waals surface area contributed by atoms with E-state index in [0.717, 1.165) is 38.0 Å². The van der Waals surface area contributed by atoms with E-state index in [9.17, 15) is 4.79 Å². The van der Waals surface area contributed by atoms with Crippen molar-refractivity contribution in [3.8, 4) is 0 Å². The molecular formula is C16H25ClN2O. The lowest BCUT2D eigenvalue weighted by Crippen LogP contribution is -2.44. The zero-order valence-corrected chi connectivity index (χ0v) is 13.2. The number of carbonyl (C=O) groups excluding carboxylic acids is 1. The number of rotatable bonds is 5. The van der Waals surface area contributed by atoms with Gasteiger partial charge in [-0.15, -0.1) is 12.4 Å². The largest absolute Gasteiger partial charge is 0.338 e. The molecule has 0 aromatic heterocycles. The summed E-state index contributed by atoms with van der Waals surface area (Å²) < 4.78 is 0. The van der Waals surface area contributed by atoms with Crippen molar-refractivity contribution in [1.82, 2.24) is 10.2 Å². The van der Waals surface area contributed by atoms with E-state index in [0.29, 0.717) is 6.04 Å². The molecule has 0 radical (unpaired) electrons. The van der Waals surface area contributed by atoms with Crippen LogP contribution in [0.25, 0.3) is 0 Å². The Kier molecular flexibility index (Phi) is 7.03. The van der Waals surface area contributed by atoms with Crippen molar-refractivity contribution in [3.63, 3.8) is 0 Å². The second kappa shape index (κ2) is 8.28. The standard InChI is InChI=1S/C16H24N2O.ClH/c1-3-11-18(15-9-10-17-12-15)16(19)13(2)14-7-5-4-6-8-14;/h4-8,13,15,17H,3,9-12H2,1-2H3;1H. The second-order valence-corrected chi connectivity index (χ2v) is 5.31. The first-order chi connectivity index (χ1) is 9.24. The molecular weight excluding hydrogens is 272 g/mol. The minimum Gasteiger partial charge on any atom is -0.338 e. The molecule has 3 nitrogen and oxygen atoms in total. The first-order valence-corrected chi connectivity index (χ1v) is 7.30. The summed E-state index contributed by atoms with van der Waals surface area (Å²) in [5, 5.41) is 3.35. The van der Waals surface area contributed by atoms with Crippen molar-refractivity contribution in [1.29, 1.82) is 0 Å². The lowest BCUT2D eigenvalue weighted by Gasteiger charge is -2.31. The molecule has 1 amide bonds. The van der Waals surface area contributed by atoms with Gasteiger partial charge in [0.2, 0.25) is 5.91 Å². The third-order valence-corrected chi connectivity index (χ3v) is 3.89. The maximum Gasteiger partial charge on any atom is 0.230 e. The normalized spacial score (nSPS) is 19.2. The molecule has 1 aliphatic heterocycles. The van der Waals surface area contributed by atoms with Crippen molar-refractivity contribution in [2.24, 2.45) is 0 Å². The van der Waals surface area contributed by atoms with Crippen molar-refractivity contribution in [2.75, 3.05) is 19.6 Å². The summed E-state index contributed by atoms with van der Waals surface area (Å²) in [6.07, 6.45) is 2.09. The van der Waals surface area contributed by atoms with Crippen molar-refractivity contribution in [3.05, 3.63) is 35.9 Å². The first-order valence-electron chi connectivity index (χ1n) is 7.30. The number of amides is 1. The molecule has 0 saturated carbocycles. The van der Waals surface area contributed by atoms with Crippen LogP contribution in [-0.2, 0) is 4.79 Å². The average molecular weight is 297 g/mol. The van der Waals surface area contributed by atoms with E-state index in [1.807, 2.05) is 37.3 Å². The smallest absolute Gasteiger partial charge is 0.230 e. The highest BCUT2D eigenvalue weighted by molar-refractivity contribution is 5.85. The topological polar surface area (TPSA) is 32.3 Å². The van der Waals surface area contributed by atoms with Gasteiger partial charge >= 0.3 is 0 Å². The Morgan fingerprint density at radius 3 is 2.65 bits per heavy atom. The zero-order valence-electron chi connectivity index (χ0n) is 12.3. The Bertz CT molecular complexity index is 404. The van der Waals surface area contributed by atoms with E-state index in [2.05, 4.69) is 17.1 Å². The quantitative estimate of drug-likeness (QED) is 0.906. The van der Waals surface area contributed by atoms with E-state index < -0.39 is 0 Å². The van der Waals surface area contributed by atoms with Crippen LogP contribution < -0.4 is 5.32 Å². The molecule has 1 aromatic rings. The Balaban J connectivity index is 0.00000200. The van der Waals surface area contributed by atoms with Gasteiger partial charge in [0.25, 0.3) is 0 Å². The third kappa shape index (κ3) is 3.97. The first kappa shape index (κ1) is 17.0. The van der Waals surface area contributed by atoms with Crippen LogP contribution in [-0.4, -0.2) is 36.5 Å². The Hall–Kier alpha value is -1.06. The van der Waals surface area contributed by atoms with Gasteiger partial charge in [-0.25, -0.2) is 0 Å². The molecule has 1 aromatic carbocycles. The van der Waals surface area contributed by atoms with Crippen LogP contribution in [0, 0.1) is 0 Å². The highest BCUT2D eigenvalue weighted by atomic mass is 35.5. The number of benzene rings is 1. The van der Waals surface area contributed by atoms with Gasteiger partial charge in [0, 0.05) is 19.1 Å². The molecule has 2 rings (SSSR count). The fraction of sp³-hybridized carbons (Fsp3) is 0.562. The molecule has 2 unspecified atom stereocenters. The van der Waals surface area contributed by atoms with Gasteiger partial charge in [0.15, 0.2) is 0 Å². The molecule has 0 aliphatic carbocycles. The van der Waals surface area contributed by atoms with E-state index in [1.54, 1.807) is 0 Å². The molecule has 1 N–H and O–H groups in total. The molecule has 1 fully saturated rings. The number of carbonyl (C=O) groups is 1. The Labute approximate surface area is 128 Å². The molecule has 20 heavy (non-hydrogen) atoms. The minimum absolute atomic E-state index is 0. The van der Waals surface area contributed by atoms with Crippen LogP contribution in [0.2, 0.25) is 0 Å². The van der Waals surface area contributed by atoms with Crippen molar-refractivity contribution in [2.45, 2.75) is 38.6 Å². The summed E-state index contributed by atoms with van der Waals surface area (Å²) in [7, 11) is 0. The van der Waals surface area contributed by atoms with Crippen LogP contribution >= 0.6 is 12.4 Å². The summed E-state index contributed by atoms with van der Waals surface area (Å²) in [6.45, 7) is 6.98. The van der Waals surface area contributed by atoms with Crippen molar-refractivity contribution < 1.29 is 4.79 Å². The lowest BCUT2D eigenvalue weighted by atomic mass is 9.98. The monoisotopic (exact) mass is 296 g/mol. The molecule has 4 heteroatoms. The summed E-state index contributed by atoms with van der Waals surface area (Å²) in [5.74, 6) is 0.218.